The van der Waals surface area contributed by atoms with Gasteiger partial charge < -0.3 is 4.74 Å². The van der Waals surface area contributed by atoms with Gasteiger partial charge in [-0.2, -0.15) is 0 Å². The van der Waals surface area contributed by atoms with Crippen molar-refractivity contribution in [1.82, 2.24) is 0 Å². The molecule has 0 aromatic heterocycles. The van der Waals surface area contributed by atoms with Crippen molar-refractivity contribution in [2.75, 3.05) is 0 Å². The zero-order valence-corrected chi connectivity index (χ0v) is 15.2. The molecule has 0 radical (unpaired) electrons. The monoisotopic (exact) mass is 372 g/mol. The lowest BCUT2D eigenvalue weighted by molar-refractivity contribution is -0.491. The number of fused-ring (bicyclic) bond motifs is 1. The van der Waals surface area contributed by atoms with Crippen LogP contribution in [0.3, 0.4) is 0 Å². The minimum absolute atomic E-state index is 0.00778. The quantitative estimate of drug-likeness (QED) is 0.692. The fourth-order valence-electron chi connectivity index (χ4n) is 4.86. The van der Waals surface area contributed by atoms with Crippen molar-refractivity contribution < 1.29 is 23.3 Å². The van der Waals surface area contributed by atoms with Gasteiger partial charge in [-0.15, -0.1) is 0 Å². The Kier molecular flexibility index (Phi) is 3.90. The average molecular weight is 372 g/mol. The van der Waals surface area contributed by atoms with E-state index in [9.17, 15) is 8.78 Å². The lowest BCUT2D eigenvalue weighted by atomic mass is 9.92. The summed E-state index contributed by atoms with van der Waals surface area (Å²) >= 11 is 0. The van der Waals surface area contributed by atoms with Crippen LogP contribution in [0.4, 0.5) is 8.78 Å². The van der Waals surface area contributed by atoms with Crippen LogP contribution < -0.4 is 0 Å². The van der Waals surface area contributed by atoms with Gasteiger partial charge in [0, 0.05) is 18.8 Å². The standard InChI is InChI=1S/C22H22F2O3/c1-14(15-4-8-17(23)9-5-15)19-20-22(19,16-6-10-18(24)11-7-16)27-26-21(25-20)12-2-3-13-21/h4-11,14,19-20H,2-3,12-13H2,1H3/t14?,19?,20-,22+/m0/s1. The highest BCUT2D eigenvalue weighted by atomic mass is 19.1. The third-order valence-electron chi connectivity index (χ3n) is 6.40. The van der Waals surface area contributed by atoms with Crippen LogP contribution in [-0.4, -0.2) is 11.9 Å². The van der Waals surface area contributed by atoms with Crippen molar-refractivity contribution in [2.24, 2.45) is 5.92 Å². The molecule has 2 aliphatic carbocycles. The summed E-state index contributed by atoms with van der Waals surface area (Å²) in [4.78, 5) is 11.9. The van der Waals surface area contributed by atoms with Crippen LogP contribution in [0.25, 0.3) is 0 Å². The van der Waals surface area contributed by atoms with Crippen molar-refractivity contribution in [3.63, 3.8) is 0 Å². The third-order valence-corrected chi connectivity index (χ3v) is 6.40. The largest absolute Gasteiger partial charge is 0.340 e. The Hall–Kier alpha value is -1.82. The van der Waals surface area contributed by atoms with Crippen molar-refractivity contribution in [1.29, 1.82) is 0 Å². The van der Waals surface area contributed by atoms with E-state index in [1.54, 1.807) is 24.3 Å². The van der Waals surface area contributed by atoms with Crippen LogP contribution in [0.1, 0.15) is 49.7 Å². The Labute approximate surface area is 157 Å². The van der Waals surface area contributed by atoms with Gasteiger partial charge in [-0.05, 0) is 54.2 Å². The molecule has 27 heavy (non-hydrogen) atoms. The maximum absolute atomic E-state index is 13.5. The highest BCUT2D eigenvalue weighted by Crippen LogP contribution is 2.67. The summed E-state index contributed by atoms with van der Waals surface area (Å²) in [5.74, 6) is -1.13. The molecule has 3 nitrogen and oxygen atoms in total. The lowest BCUT2D eigenvalue weighted by Crippen LogP contribution is -2.42. The van der Waals surface area contributed by atoms with Gasteiger partial charge >= 0.3 is 0 Å². The maximum Gasteiger partial charge on any atom is 0.202 e. The molecular formula is C22H22F2O3. The minimum Gasteiger partial charge on any atom is -0.340 e. The Morgan fingerprint density at radius 2 is 1.48 bits per heavy atom. The molecule has 2 aromatic carbocycles. The number of hydrogen-bond acceptors (Lipinski definition) is 3. The van der Waals surface area contributed by atoms with Crippen molar-refractivity contribution in [2.45, 2.75) is 56.0 Å². The highest BCUT2D eigenvalue weighted by molar-refractivity contribution is 5.39. The van der Waals surface area contributed by atoms with Crippen molar-refractivity contribution in [3.8, 4) is 0 Å². The molecule has 0 N–H and O–H groups in total. The topological polar surface area (TPSA) is 27.7 Å². The molecule has 1 spiro atoms. The van der Waals surface area contributed by atoms with Gasteiger partial charge in [0.15, 0.2) is 5.60 Å². The van der Waals surface area contributed by atoms with Gasteiger partial charge in [0.2, 0.25) is 5.79 Å². The van der Waals surface area contributed by atoms with Gasteiger partial charge in [-0.3, -0.25) is 0 Å². The summed E-state index contributed by atoms with van der Waals surface area (Å²) in [7, 11) is 0. The van der Waals surface area contributed by atoms with E-state index in [1.807, 2.05) is 0 Å². The van der Waals surface area contributed by atoms with Gasteiger partial charge in [0.1, 0.15) is 17.7 Å². The van der Waals surface area contributed by atoms with E-state index in [2.05, 4.69) is 6.92 Å². The van der Waals surface area contributed by atoms with Crippen molar-refractivity contribution >= 4 is 0 Å². The first-order chi connectivity index (χ1) is 13.0. The van der Waals surface area contributed by atoms with Crippen molar-refractivity contribution in [3.05, 3.63) is 71.3 Å². The number of ether oxygens (including phenoxy) is 1. The average Bonchev–Trinajstić information content (AvgIpc) is 3.11. The van der Waals surface area contributed by atoms with E-state index in [-0.39, 0.29) is 29.6 Å². The predicted molar refractivity (Wildman–Crippen MR) is 94.6 cm³/mol. The fraction of sp³-hybridized carbons (Fsp3) is 0.455. The van der Waals surface area contributed by atoms with Gasteiger partial charge in [-0.25, -0.2) is 18.6 Å². The highest BCUT2D eigenvalue weighted by Gasteiger charge is 2.76. The number of rotatable bonds is 3. The molecule has 3 aliphatic rings. The summed E-state index contributed by atoms with van der Waals surface area (Å²) in [6, 6.07) is 12.9. The molecule has 2 unspecified atom stereocenters. The van der Waals surface area contributed by atoms with Crippen LogP contribution in [0.2, 0.25) is 0 Å². The number of halogens is 2. The molecule has 4 atom stereocenters. The molecule has 2 saturated carbocycles. The van der Waals surface area contributed by atoms with Gasteiger partial charge in [0.05, 0.1) is 0 Å². The van der Waals surface area contributed by atoms with E-state index in [0.29, 0.717) is 0 Å². The minimum atomic E-state index is -0.755. The Bertz CT molecular complexity index is 830. The van der Waals surface area contributed by atoms with E-state index in [0.717, 1.165) is 36.8 Å². The molecule has 3 fully saturated rings. The van der Waals surface area contributed by atoms with E-state index < -0.39 is 11.4 Å². The molecular weight excluding hydrogens is 350 g/mol. The maximum atomic E-state index is 13.5. The van der Waals surface area contributed by atoms with Gasteiger partial charge in [0.25, 0.3) is 0 Å². The molecule has 0 bridgehead atoms. The Morgan fingerprint density at radius 3 is 2.11 bits per heavy atom. The molecule has 1 aliphatic heterocycles. The second-order valence-corrected chi connectivity index (χ2v) is 7.99. The molecule has 5 heteroatoms. The smallest absolute Gasteiger partial charge is 0.202 e. The second-order valence-electron chi connectivity index (χ2n) is 7.99. The normalized spacial score (nSPS) is 32.3. The molecule has 1 saturated heterocycles. The SMILES string of the molecule is CC(c1ccc(F)cc1)C1[C@@H]2OC3(CCCC3)OO[C@]12c1ccc(F)cc1. The van der Waals surface area contributed by atoms with E-state index >= 15 is 0 Å². The van der Waals surface area contributed by atoms with Crippen LogP contribution in [-0.2, 0) is 20.1 Å². The molecule has 1 heterocycles. The predicted octanol–water partition coefficient (Wildman–Crippen LogP) is 5.21. The Morgan fingerprint density at radius 1 is 0.889 bits per heavy atom. The number of hydrogen-bond donors (Lipinski definition) is 0. The van der Waals surface area contributed by atoms with Gasteiger partial charge in [-0.1, -0.05) is 31.2 Å². The molecule has 5 rings (SSSR count). The zero-order valence-electron chi connectivity index (χ0n) is 15.2. The fourth-order valence-corrected chi connectivity index (χ4v) is 4.86. The van der Waals surface area contributed by atoms with Crippen LogP contribution in [0, 0.1) is 17.6 Å². The Balaban J connectivity index is 1.50. The third kappa shape index (κ3) is 2.64. The summed E-state index contributed by atoms with van der Waals surface area (Å²) < 4.78 is 33.2. The summed E-state index contributed by atoms with van der Waals surface area (Å²) in [6.07, 6.45) is 3.58. The first kappa shape index (κ1) is 17.3. The van der Waals surface area contributed by atoms with Crippen LogP contribution in [0.15, 0.2) is 48.5 Å². The molecule has 0 amide bonds. The van der Waals surface area contributed by atoms with Crippen LogP contribution in [0.5, 0.6) is 0 Å². The summed E-state index contributed by atoms with van der Waals surface area (Å²) in [5.41, 5.74) is 1.11. The molecule has 2 aromatic rings. The van der Waals surface area contributed by atoms with E-state index in [1.165, 1.54) is 24.3 Å². The first-order valence-electron chi connectivity index (χ1n) is 9.60. The first-order valence-corrected chi connectivity index (χ1v) is 9.60. The zero-order chi connectivity index (χ0) is 18.6. The summed E-state index contributed by atoms with van der Waals surface area (Å²) in [6.45, 7) is 2.09. The van der Waals surface area contributed by atoms with Crippen LogP contribution >= 0.6 is 0 Å². The molecule has 142 valence electrons. The number of benzene rings is 2. The second kappa shape index (κ2) is 6.09. The summed E-state index contributed by atoms with van der Waals surface area (Å²) in [5, 5.41) is 0. The lowest BCUT2D eigenvalue weighted by Gasteiger charge is -2.35. The van der Waals surface area contributed by atoms with E-state index in [4.69, 9.17) is 14.5 Å².